The van der Waals surface area contributed by atoms with Crippen LogP contribution < -0.4 is 10.0 Å². The number of hydrogen-bond acceptors (Lipinski definition) is 7. The lowest BCUT2D eigenvalue weighted by Gasteiger charge is -2.34. The van der Waals surface area contributed by atoms with Crippen LogP contribution in [0, 0.1) is 0 Å². The summed E-state index contributed by atoms with van der Waals surface area (Å²) in [7, 11) is -3.84. The van der Waals surface area contributed by atoms with Crippen LogP contribution in [-0.4, -0.2) is 73.3 Å². The van der Waals surface area contributed by atoms with Gasteiger partial charge in [0.25, 0.3) is 0 Å². The predicted molar refractivity (Wildman–Crippen MR) is 137 cm³/mol. The Hall–Kier alpha value is -2.47. The largest absolute Gasteiger partial charge is 0.382 e. The fourth-order valence-corrected chi connectivity index (χ4v) is 6.42. The highest BCUT2D eigenvalue weighted by molar-refractivity contribution is 7.92. The number of anilines is 1. The van der Waals surface area contributed by atoms with Gasteiger partial charge < -0.3 is 15.1 Å². The Bertz CT molecular complexity index is 1170. The lowest BCUT2D eigenvalue weighted by Crippen LogP contribution is -2.55. The molecular formula is C23H28ClN5O4S2. The quantitative estimate of drug-likeness (QED) is 0.509. The van der Waals surface area contributed by atoms with Gasteiger partial charge in [-0.05, 0) is 56.0 Å². The van der Waals surface area contributed by atoms with E-state index in [9.17, 15) is 18.0 Å². The summed E-state index contributed by atoms with van der Waals surface area (Å²) < 4.78 is 28.0. The van der Waals surface area contributed by atoms with E-state index in [1.807, 2.05) is 17.0 Å². The van der Waals surface area contributed by atoms with Crippen LogP contribution in [0.4, 0.5) is 5.69 Å². The van der Waals surface area contributed by atoms with E-state index in [-0.39, 0.29) is 24.4 Å². The van der Waals surface area contributed by atoms with Crippen LogP contribution in [0.2, 0.25) is 4.34 Å². The first-order valence-corrected chi connectivity index (χ1v) is 14.2. The number of carbonyl (C=O) groups excluding carboxylic acids is 2. The van der Waals surface area contributed by atoms with Crippen molar-refractivity contribution in [2.24, 2.45) is 0 Å². The van der Waals surface area contributed by atoms with E-state index < -0.39 is 16.1 Å². The van der Waals surface area contributed by atoms with E-state index in [1.54, 1.807) is 24.5 Å². The normalized spacial score (nSPS) is 21.1. The van der Waals surface area contributed by atoms with E-state index in [4.69, 9.17) is 11.6 Å². The zero-order chi connectivity index (χ0) is 24.8. The molecule has 2 aliphatic heterocycles. The zero-order valence-electron chi connectivity index (χ0n) is 19.1. The summed E-state index contributed by atoms with van der Waals surface area (Å²) in [5.41, 5.74) is 0.893. The number of nitrogens with zero attached hydrogens (tertiary/aromatic N) is 3. The third-order valence-corrected chi connectivity index (χ3v) is 8.37. The van der Waals surface area contributed by atoms with Crippen molar-refractivity contribution in [3.8, 4) is 0 Å². The molecule has 0 radical (unpaired) electrons. The summed E-state index contributed by atoms with van der Waals surface area (Å²) in [5.74, 6) is -0.489. The number of hydrogen-bond donors (Lipinski definition) is 2. The van der Waals surface area contributed by atoms with Crippen molar-refractivity contribution in [2.45, 2.75) is 37.8 Å². The minimum absolute atomic E-state index is 0.0350. The fourth-order valence-electron chi connectivity index (χ4n) is 4.35. The molecule has 2 amide bonds. The van der Waals surface area contributed by atoms with Crippen LogP contribution >= 0.6 is 22.9 Å². The molecule has 2 atom stereocenters. The SMILES string of the molecule is O=C1[C@@H](NS(=O)(=O)C=Cc2ccc(Cl)s2)CCCN1CC(=O)N1CCC[C@H]1CNc1cccnc1. The van der Waals surface area contributed by atoms with Crippen molar-refractivity contribution in [2.75, 3.05) is 31.5 Å². The van der Waals surface area contributed by atoms with Crippen molar-refractivity contribution >= 4 is 56.5 Å². The molecule has 0 saturated carbocycles. The van der Waals surface area contributed by atoms with Gasteiger partial charge in [0.1, 0.15) is 6.04 Å². The Morgan fingerprint density at radius 2 is 2.06 bits per heavy atom. The van der Waals surface area contributed by atoms with Gasteiger partial charge >= 0.3 is 0 Å². The van der Waals surface area contributed by atoms with Crippen molar-refractivity contribution in [1.29, 1.82) is 0 Å². The molecule has 2 aliphatic rings. The standard InChI is InChI=1S/C23H28ClN5O4S2/c24-21-8-7-19(34-21)9-13-35(32,33)27-20-6-3-11-28(23(20)31)16-22(30)29-12-2-5-18(29)15-26-17-4-1-10-25-14-17/h1,4,7-10,13-14,18,20,26-27H,2-3,5-6,11-12,15-16H2/t18-,20-/m0/s1. The number of piperidine rings is 1. The molecule has 2 aromatic heterocycles. The molecule has 35 heavy (non-hydrogen) atoms. The number of sulfonamides is 1. The summed E-state index contributed by atoms with van der Waals surface area (Å²) >= 11 is 7.13. The number of aromatic nitrogens is 1. The topological polar surface area (TPSA) is 112 Å². The number of amides is 2. The smallest absolute Gasteiger partial charge is 0.242 e. The van der Waals surface area contributed by atoms with Gasteiger partial charge in [-0.25, -0.2) is 8.42 Å². The summed E-state index contributed by atoms with van der Waals surface area (Å²) in [6.07, 6.45) is 7.68. The molecule has 0 spiro atoms. The van der Waals surface area contributed by atoms with Crippen molar-refractivity contribution < 1.29 is 18.0 Å². The number of pyridine rings is 1. The monoisotopic (exact) mass is 537 g/mol. The van der Waals surface area contributed by atoms with Gasteiger partial charge in [-0.3, -0.25) is 14.6 Å². The average Bonchev–Trinajstić information content (AvgIpc) is 3.48. The fraction of sp³-hybridized carbons (Fsp3) is 0.435. The van der Waals surface area contributed by atoms with Crippen LogP contribution in [0.3, 0.4) is 0 Å². The second-order valence-corrected chi connectivity index (χ2v) is 11.9. The van der Waals surface area contributed by atoms with E-state index in [0.717, 1.165) is 23.9 Å². The van der Waals surface area contributed by atoms with Crippen molar-refractivity contribution in [3.63, 3.8) is 0 Å². The number of likely N-dealkylation sites (tertiary alicyclic amines) is 2. The first kappa shape index (κ1) is 25.6. The van der Waals surface area contributed by atoms with Crippen LogP contribution in [0.1, 0.15) is 30.6 Å². The first-order chi connectivity index (χ1) is 16.8. The van der Waals surface area contributed by atoms with Gasteiger partial charge in [-0.15, -0.1) is 11.3 Å². The molecule has 0 aromatic carbocycles. The number of carbonyl (C=O) groups is 2. The van der Waals surface area contributed by atoms with Gasteiger partial charge in [0.2, 0.25) is 21.8 Å². The summed E-state index contributed by atoms with van der Waals surface area (Å²) in [5, 5.41) is 4.35. The van der Waals surface area contributed by atoms with Gasteiger partial charge in [0.05, 0.1) is 16.6 Å². The summed E-state index contributed by atoms with van der Waals surface area (Å²) in [6, 6.07) is 6.32. The van der Waals surface area contributed by atoms with Crippen molar-refractivity contribution in [1.82, 2.24) is 19.5 Å². The maximum Gasteiger partial charge on any atom is 0.242 e. The average molecular weight is 538 g/mol. The Kier molecular flexibility index (Phi) is 8.42. The molecule has 188 valence electrons. The summed E-state index contributed by atoms with van der Waals surface area (Å²) in [4.78, 5) is 34.1. The van der Waals surface area contributed by atoms with E-state index in [1.165, 1.54) is 22.3 Å². The molecule has 0 bridgehead atoms. The van der Waals surface area contributed by atoms with Crippen LogP contribution in [0.25, 0.3) is 6.08 Å². The molecule has 12 heteroatoms. The van der Waals surface area contributed by atoms with Gasteiger partial charge in [0.15, 0.2) is 0 Å². The Balaban J connectivity index is 1.32. The lowest BCUT2D eigenvalue weighted by molar-refractivity contribution is -0.143. The highest BCUT2D eigenvalue weighted by Gasteiger charge is 2.35. The van der Waals surface area contributed by atoms with Crippen molar-refractivity contribution in [3.05, 3.63) is 51.3 Å². The molecule has 0 aliphatic carbocycles. The second-order valence-electron chi connectivity index (χ2n) is 8.57. The molecule has 4 rings (SSSR count). The van der Waals surface area contributed by atoms with E-state index >= 15 is 0 Å². The molecule has 2 saturated heterocycles. The second kappa shape index (κ2) is 11.5. The van der Waals surface area contributed by atoms with Gasteiger partial charge in [-0.1, -0.05) is 11.6 Å². The first-order valence-electron chi connectivity index (χ1n) is 11.5. The highest BCUT2D eigenvalue weighted by Crippen LogP contribution is 2.23. The number of halogens is 1. The number of thiophene rings is 1. The lowest BCUT2D eigenvalue weighted by atomic mass is 10.1. The predicted octanol–water partition coefficient (Wildman–Crippen LogP) is 2.78. The molecule has 4 heterocycles. The maximum absolute atomic E-state index is 13.1. The number of rotatable bonds is 9. The van der Waals surface area contributed by atoms with E-state index in [0.29, 0.717) is 41.7 Å². The molecule has 2 aromatic rings. The highest BCUT2D eigenvalue weighted by atomic mass is 35.5. The number of nitrogens with one attached hydrogen (secondary N) is 2. The van der Waals surface area contributed by atoms with Crippen LogP contribution in [0.5, 0.6) is 0 Å². The summed E-state index contributed by atoms with van der Waals surface area (Å²) in [6.45, 7) is 1.63. The van der Waals surface area contributed by atoms with E-state index in [2.05, 4.69) is 15.0 Å². The van der Waals surface area contributed by atoms with Crippen LogP contribution in [-0.2, 0) is 19.6 Å². The molecule has 9 nitrogen and oxygen atoms in total. The van der Waals surface area contributed by atoms with Crippen LogP contribution in [0.15, 0.2) is 42.1 Å². The minimum atomic E-state index is -3.84. The van der Waals surface area contributed by atoms with Gasteiger partial charge in [-0.2, -0.15) is 4.72 Å². The van der Waals surface area contributed by atoms with Gasteiger partial charge in [0, 0.05) is 48.4 Å². The molecule has 0 unspecified atom stereocenters. The molecular weight excluding hydrogens is 510 g/mol. The third kappa shape index (κ3) is 7.03. The third-order valence-electron chi connectivity index (χ3n) is 6.07. The minimum Gasteiger partial charge on any atom is -0.382 e. The zero-order valence-corrected chi connectivity index (χ0v) is 21.5. The molecule has 2 N–H and O–H groups in total. The Morgan fingerprint density at radius 3 is 2.80 bits per heavy atom. The molecule has 2 fully saturated rings. The maximum atomic E-state index is 13.1. The Morgan fingerprint density at radius 1 is 1.23 bits per heavy atom. The Labute approximate surface area is 214 Å².